The van der Waals surface area contributed by atoms with E-state index < -0.39 is 5.91 Å². The molecular formula is C19H21N3O3. The van der Waals surface area contributed by atoms with E-state index in [1.807, 2.05) is 23.1 Å². The van der Waals surface area contributed by atoms with Gasteiger partial charge in [0.15, 0.2) is 6.61 Å². The molecule has 0 aliphatic carbocycles. The number of para-hydroxylation sites is 1. The van der Waals surface area contributed by atoms with Gasteiger partial charge >= 0.3 is 0 Å². The predicted octanol–water partition coefficient (Wildman–Crippen LogP) is 1.51. The van der Waals surface area contributed by atoms with E-state index in [0.29, 0.717) is 24.4 Å². The SMILES string of the molecule is NC(=O)COc1cccc(C(=O)N2CCN(c3ccccc3)CC2)c1. The lowest BCUT2D eigenvalue weighted by molar-refractivity contribution is -0.119. The molecule has 1 aliphatic heterocycles. The molecule has 3 rings (SSSR count). The predicted molar refractivity (Wildman–Crippen MR) is 95.7 cm³/mol. The number of carbonyl (C=O) groups is 2. The minimum atomic E-state index is -0.547. The van der Waals surface area contributed by atoms with Gasteiger partial charge in [0.25, 0.3) is 11.8 Å². The maximum atomic E-state index is 12.7. The van der Waals surface area contributed by atoms with Crippen LogP contribution >= 0.6 is 0 Å². The number of benzene rings is 2. The van der Waals surface area contributed by atoms with Gasteiger partial charge in [-0.25, -0.2) is 0 Å². The summed E-state index contributed by atoms with van der Waals surface area (Å²) in [5.41, 5.74) is 6.80. The molecule has 0 saturated carbocycles. The lowest BCUT2D eigenvalue weighted by Gasteiger charge is -2.36. The van der Waals surface area contributed by atoms with Crippen LogP contribution in [-0.2, 0) is 4.79 Å². The molecule has 0 radical (unpaired) electrons. The molecule has 1 saturated heterocycles. The van der Waals surface area contributed by atoms with Gasteiger partial charge in [0, 0.05) is 37.4 Å². The fourth-order valence-corrected chi connectivity index (χ4v) is 2.86. The number of ether oxygens (including phenoxy) is 1. The molecule has 1 aliphatic rings. The van der Waals surface area contributed by atoms with Gasteiger partial charge in [0.1, 0.15) is 5.75 Å². The second-order valence-corrected chi connectivity index (χ2v) is 5.90. The minimum Gasteiger partial charge on any atom is -0.484 e. The Morgan fingerprint density at radius 1 is 0.960 bits per heavy atom. The molecule has 1 fully saturated rings. The second-order valence-electron chi connectivity index (χ2n) is 5.90. The second kappa shape index (κ2) is 7.70. The zero-order valence-electron chi connectivity index (χ0n) is 13.9. The highest BCUT2D eigenvalue weighted by molar-refractivity contribution is 5.94. The van der Waals surface area contributed by atoms with Gasteiger partial charge in [-0.05, 0) is 30.3 Å². The number of rotatable bonds is 5. The van der Waals surface area contributed by atoms with Crippen LogP contribution in [0.25, 0.3) is 0 Å². The Kier molecular flexibility index (Phi) is 5.18. The van der Waals surface area contributed by atoms with Crippen molar-refractivity contribution in [3.63, 3.8) is 0 Å². The normalized spacial score (nSPS) is 14.2. The van der Waals surface area contributed by atoms with Crippen molar-refractivity contribution in [3.8, 4) is 5.75 Å². The zero-order valence-corrected chi connectivity index (χ0v) is 13.9. The van der Waals surface area contributed by atoms with Gasteiger partial charge in [-0.15, -0.1) is 0 Å². The number of nitrogens with two attached hydrogens (primary N) is 1. The van der Waals surface area contributed by atoms with Gasteiger partial charge in [-0.1, -0.05) is 24.3 Å². The Morgan fingerprint density at radius 3 is 2.36 bits per heavy atom. The number of primary amides is 1. The summed E-state index contributed by atoms with van der Waals surface area (Å²) in [5.74, 6) is -0.112. The van der Waals surface area contributed by atoms with Crippen LogP contribution in [0.4, 0.5) is 5.69 Å². The van der Waals surface area contributed by atoms with Crippen LogP contribution in [0.5, 0.6) is 5.75 Å². The van der Waals surface area contributed by atoms with Crippen LogP contribution in [0.1, 0.15) is 10.4 Å². The van der Waals surface area contributed by atoms with E-state index >= 15 is 0 Å². The number of carbonyl (C=O) groups excluding carboxylic acids is 2. The van der Waals surface area contributed by atoms with E-state index in [0.717, 1.165) is 13.1 Å². The van der Waals surface area contributed by atoms with Crippen molar-refractivity contribution < 1.29 is 14.3 Å². The van der Waals surface area contributed by atoms with Crippen LogP contribution in [0.15, 0.2) is 54.6 Å². The average Bonchev–Trinajstić information content (AvgIpc) is 2.67. The van der Waals surface area contributed by atoms with Gasteiger partial charge in [-0.2, -0.15) is 0 Å². The van der Waals surface area contributed by atoms with Gasteiger partial charge in [0.2, 0.25) is 0 Å². The third-order valence-corrected chi connectivity index (χ3v) is 4.15. The van der Waals surface area contributed by atoms with Crippen LogP contribution in [0, 0.1) is 0 Å². The first-order chi connectivity index (χ1) is 12.1. The number of nitrogens with zero attached hydrogens (tertiary/aromatic N) is 2. The summed E-state index contributed by atoms with van der Waals surface area (Å²) in [7, 11) is 0. The van der Waals surface area contributed by atoms with Crippen molar-refractivity contribution in [2.45, 2.75) is 0 Å². The molecule has 2 N–H and O–H groups in total. The molecule has 25 heavy (non-hydrogen) atoms. The van der Waals surface area contributed by atoms with E-state index in [9.17, 15) is 9.59 Å². The number of hydrogen-bond acceptors (Lipinski definition) is 4. The molecule has 6 heteroatoms. The van der Waals surface area contributed by atoms with E-state index in [2.05, 4.69) is 17.0 Å². The summed E-state index contributed by atoms with van der Waals surface area (Å²) in [4.78, 5) is 27.6. The highest BCUT2D eigenvalue weighted by Gasteiger charge is 2.22. The summed E-state index contributed by atoms with van der Waals surface area (Å²) >= 11 is 0. The molecule has 0 aromatic heterocycles. The van der Waals surface area contributed by atoms with Crippen molar-refractivity contribution in [2.75, 3.05) is 37.7 Å². The third kappa shape index (κ3) is 4.29. The maximum absolute atomic E-state index is 12.7. The Bertz CT molecular complexity index is 741. The third-order valence-electron chi connectivity index (χ3n) is 4.15. The van der Waals surface area contributed by atoms with Crippen molar-refractivity contribution >= 4 is 17.5 Å². The molecule has 130 valence electrons. The summed E-state index contributed by atoms with van der Waals surface area (Å²) in [5, 5.41) is 0. The quantitative estimate of drug-likeness (QED) is 0.896. The smallest absolute Gasteiger partial charge is 0.255 e. The molecule has 2 aromatic rings. The lowest BCUT2D eigenvalue weighted by Crippen LogP contribution is -2.48. The minimum absolute atomic E-state index is 0.0303. The largest absolute Gasteiger partial charge is 0.484 e. The lowest BCUT2D eigenvalue weighted by atomic mass is 10.1. The molecule has 1 heterocycles. The van der Waals surface area contributed by atoms with Crippen LogP contribution in [0.3, 0.4) is 0 Å². The number of piperazine rings is 1. The van der Waals surface area contributed by atoms with E-state index in [4.69, 9.17) is 10.5 Å². The highest BCUT2D eigenvalue weighted by Crippen LogP contribution is 2.19. The molecule has 2 amide bonds. The molecule has 0 atom stereocenters. The van der Waals surface area contributed by atoms with Crippen molar-refractivity contribution in [3.05, 3.63) is 60.2 Å². The fourth-order valence-electron chi connectivity index (χ4n) is 2.86. The average molecular weight is 339 g/mol. The van der Waals surface area contributed by atoms with Crippen molar-refractivity contribution in [1.29, 1.82) is 0 Å². The Balaban J connectivity index is 1.61. The van der Waals surface area contributed by atoms with E-state index in [-0.39, 0.29) is 12.5 Å². The monoisotopic (exact) mass is 339 g/mol. The summed E-state index contributed by atoms with van der Waals surface area (Å²) < 4.78 is 5.27. The highest BCUT2D eigenvalue weighted by atomic mass is 16.5. The summed E-state index contributed by atoms with van der Waals surface area (Å²) in [6.07, 6.45) is 0. The Hall–Kier alpha value is -3.02. The van der Waals surface area contributed by atoms with Crippen molar-refractivity contribution in [1.82, 2.24) is 4.90 Å². The standard InChI is InChI=1S/C19H21N3O3/c20-18(23)14-25-17-8-4-5-15(13-17)19(24)22-11-9-21(10-12-22)16-6-2-1-3-7-16/h1-8,13H,9-12,14H2,(H2,20,23). The molecule has 0 unspecified atom stereocenters. The molecule has 0 bridgehead atoms. The van der Waals surface area contributed by atoms with Crippen LogP contribution in [0.2, 0.25) is 0 Å². The molecule has 0 spiro atoms. The zero-order chi connectivity index (χ0) is 17.6. The molecular weight excluding hydrogens is 318 g/mol. The topological polar surface area (TPSA) is 75.9 Å². The van der Waals surface area contributed by atoms with Crippen molar-refractivity contribution in [2.24, 2.45) is 5.73 Å². The van der Waals surface area contributed by atoms with Crippen LogP contribution < -0.4 is 15.4 Å². The number of hydrogen-bond donors (Lipinski definition) is 1. The van der Waals surface area contributed by atoms with E-state index in [1.54, 1.807) is 24.3 Å². The molecule has 6 nitrogen and oxygen atoms in total. The summed E-state index contributed by atoms with van der Waals surface area (Å²) in [6, 6.07) is 17.0. The first kappa shape index (κ1) is 16.8. The Morgan fingerprint density at radius 2 is 1.68 bits per heavy atom. The summed E-state index contributed by atoms with van der Waals surface area (Å²) in [6.45, 7) is 2.73. The molecule has 2 aromatic carbocycles. The fraction of sp³-hybridized carbons (Fsp3) is 0.263. The number of amides is 2. The van der Waals surface area contributed by atoms with Gasteiger partial charge in [-0.3, -0.25) is 9.59 Å². The van der Waals surface area contributed by atoms with E-state index in [1.165, 1.54) is 5.69 Å². The first-order valence-corrected chi connectivity index (χ1v) is 8.24. The Labute approximate surface area is 146 Å². The first-order valence-electron chi connectivity index (χ1n) is 8.24. The van der Waals surface area contributed by atoms with Gasteiger partial charge in [0.05, 0.1) is 0 Å². The number of anilines is 1. The maximum Gasteiger partial charge on any atom is 0.255 e. The van der Waals surface area contributed by atoms with Crippen LogP contribution in [-0.4, -0.2) is 49.5 Å². The van der Waals surface area contributed by atoms with Gasteiger partial charge < -0.3 is 20.3 Å².